The van der Waals surface area contributed by atoms with Gasteiger partial charge in [0.1, 0.15) is 18.6 Å². The fourth-order valence-electron chi connectivity index (χ4n) is 7.61. The van der Waals surface area contributed by atoms with Crippen molar-refractivity contribution in [2.75, 3.05) is 50.5 Å². The quantitative estimate of drug-likeness (QED) is 0.434. The normalized spacial score (nSPS) is 29.7. The number of hydrogen-bond acceptors (Lipinski definition) is 11. The maximum atomic E-state index is 14.6. The summed E-state index contributed by atoms with van der Waals surface area (Å²) in [5.41, 5.74) is 6.69. The van der Waals surface area contributed by atoms with Gasteiger partial charge in [0, 0.05) is 50.7 Å². The number of sulfonamides is 1. The smallest absolute Gasteiger partial charge is 0.319 e. The molecule has 0 aliphatic carbocycles. The zero-order valence-electron chi connectivity index (χ0n) is 23.6. The van der Waals surface area contributed by atoms with E-state index in [1.165, 1.54) is 23.5 Å². The minimum absolute atomic E-state index is 0.00823. The molecule has 3 aromatic rings. The van der Waals surface area contributed by atoms with Gasteiger partial charge in [-0.15, -0.1) is 0 Å². The summed E-state index contributed by atoms with van der Waals surface area (Å²) in [6, 6.07) is 3.32. The van der Waals surface area contributed by atoms with Crippen molar-refractivity contribution >= 4 is 54.3 Å². The summed E-state index contributed by atoms with van der Waals surface area (Å²) in [4.78, 5) is 17.9. The van der Waals surface area contributed by atoms with E-state index in [1.54, 1.807) is 6.08 Å². The zero-order valence-corrected chi connectivity index (χ0v) is 25.2. The monoisotopic (exact) mass is 630 g/mol. The van der Waals surface area contributed by atoms with Crippen LogP contribution in [0.25, 0.3) is 22.0 Å². The van der Waals surface area contributed by atoms with Gasteiger partial charge < -0.3 is 20.7 Å². The Morgan fingerprint density at radius 3 is 2.77 bits per heavy atom. The highest BCUT2D eigenvalue weighted by Crippen LogP contribution is 2.44. The highest BCUT2D eigenvalue weighted by molar-refractivity contribution is 7.89. The molecule has 8 rings (SSSR count). The van der Waals surface area contributed by atoms with Crippen LogP contribution in [0.5, 0.6) is 6.01 Å². The van der Waals surface area contributed by atoms with E-state index in [9.17, 15) is 17.2 Å². The van der Waals surface area contributed by atoms with Crippen LogP contribution in [0.2, 0.25) is 0 Å². The van der Waals surface area contributed by atoms with Crippen LogP contribution in [0.3, 0.4) is 0 Å². The molecule has 5 aliphatic heterocycles. The van der Waals surface area contributed by atoms with Gasteiger partial charge in [-0.05, 0) is 50.4 Å². The molecule has 2 aromatic heterocycles. The summed E-state index contributed by atoms with van der Waals surface area (Å²) in [6.07, 6.45) is 4.97. The molecule has 7 heterocycles. The summed E-state index contributed by atoms with van der Waals surface area (Å²) >= 11 is 1.01. The number of thiazole rings is 1. The van der Waals surface area contributed by atoms with Crippen LogP contribution in [0, 0.1) is 5.82 Å². The van der Waals surface area contributed by atoms with E-state index in [2.05, 4.69) is 20.2 Å². The average Bonchev–Trinajstić information content (AvgIpc) is 3.71. The molecule has 4 fully saturated rings. The first-order chi connectivity index (χ1) is 20.6. The molecule has 4 saturated heterocycles. The van der Waals surface area contributed by atoms with Gasteiger partial charge >= 0.3 is 6.01 Å². The maximum absolute atomic E-state index is 14.6. The van der Waals surface area contributed by atoms with Gasteiger partial charge in [0.05, 0.1) is 27.1 Å². The Labute approximate surface area is 251 Å². The second-order valence-electron chi connectivity index (χ2n) is 12.3. The second kappa shape index (κ2) is 9.68. The van der Waals surface area contributed by atoms with E-state index in [-0.39, 0.29) is 56.3 Å². The standard InChI is InChI=1S/C28H32F2N8O3S2/c1-36-21(18-5-6-19(30)23-22(18)34-26(31)42-23)9-20-24(43(36,39)40)25(37-12-16-3-4-17(13-37)32-16)35-27(33-20)41-14-28-7-2-8-38(28)11-15(29)10-28/h5-6,9,15-17,32H,2-4,7-8,10-14H2,1H3,(H2,31,34)/t15?,16?,17?,28-/m0/s1. The Morgan fingerprint density at radius 1 is 1.19 bits per heavy atom. The molecule has 43 heavy (non-hydrogen) atoms. The molecule has 3 unspecified atom stereocenters. The lowest BCUT2D eigenvalue weighted by Gasteiger charge is -2.37. The summed E-state index contributed by atoms with van der Waals surface area (Å²) < 4.78 is 65.3. The SMILES string of the molecule is CN1C(c2ccc(F)c3sc(N)nc23)=Cc2nc(OC[C@@]34CCCN3CC(F)C4)nc(N3CC4CCC(C3)N4)c2S1(=O)=O. The van der Waals surface area contributed by atoms with Crippen molar-refractivity contribution in [3.63, 3.8) is 0 Å². The second-order valence-corrected chi connectivity index (χ2v) is 15.2. The van der Waals surface area contributed by atoms with E-state index >= 15 is 0 Å². The van der Waals surface area contributed by atoms with Gasteiger partial charge in [-0.2, -0.15) is 9.97 Å². The van der Waals surface area contributed by atoms with Crippen LogP contribution < -0.4 is 20.7 Å². The number of nitrogens with two attached hydrogens (primary N) is 1. The van der Waals surface area contributed by atoms with Crippen molar-refractivity contribution in [3.05, 3.63) is 29.2 Å². The van der Waals surface area contributed by atoms with E-state index in [0.29, 0.717) is 37.4 Å². The minimum Gasteiger partial charge on any atom is -0.461 e. The molecule has 4 atom stereocenters. The van der Waals surface area contributed by atoms with Crippen LogP contribution in [-0.2, 0) is 10.0 Å². The predicted molar refractivity (Wildman–Crippen MR) is 160 cm³/mol. The topological polar surface area (TPSA) is 130 Å². The lowest BCUT2D eigenvalue weighted by molar-refractivity contribution is 0.107. The maximum Gasteiger partial charge on any atom is 0.319 e. The van der Waals surface area contributed by atoms with E-state index in [1.807, 2.05) is 4.90 Å². The molecule has 11 nitrogen and oxygen atoms in total. The van der Waals surface area contributed by atoms with E-state index in [0.717, 1.165) is 43.6 Å². The van der Waals surface area contributed by atoms with Gasteiger partial charge in [0.15, 0.2) is 15.8 Å². The number of nitrogen functional groups attached to an aromatic ring is 1. The van der Waals surface area contributed by atoms with Crippen molar-refractivity contribution in [2.45, 2.75) is 60.8 Å². The van der Waals surface area contributed by atoms with Crippen molar-refractivity contribution < 1.29 is 21.9 Å². The third kappa shape index (κ3) is 4.30. The number of alkyl halides is 1. The summed E-state index contributed by atoms with van der Waals surface area (Å²) in [7, 11) is -2.68. The van der Waals surface area contributed by atoms with Crippen molar-refractivity contribution in [2.24, 2.45) is 0 Å². The van der Waals surface area contributed by atoms with Crippen LogP contribution in [-0.4, -0.2) is 96.2 Å². The Kier molecular flexibility index (Phi) is 6.17. The zero-order chi connectivity index (χ0) is 29.7. The fraction of sp³-hybridized carbons (Fsp3) is 0.536. The molecule has 228 valence electrons. The van der Waals surface area contributed by atoms with Crippen LogP contribution in [0.15, 0.2) is 17.0 Å². The van der Waals surface area contributed by atoms with Crippen LogP contribution >= 0.6 is 11.3 Å². The van der Waals surface area contributed by atoms with Crippen molar-refractivity contribution in [1.82, 2.24) is 29.5 Å². The summed E-state index contributed by atoms with van der Waals surface area (Å²) in [6.45, 7) is 2.65. The van der Waals surface area contributed by atoms with E-state index < -0.39 is 27.6 Å². The van der Waals surface area contributed by atoms with Crippen LogP contribution in [0.4, 0.5) is 19.7 Å². The lowest BCUT2D eigenvalue weighted by atomic mass is 9.95. The van der Waals surface area contributed by atoms with Crippen molar-refractivity contribution in [1.29, 1.82) is 0 Å². The molecule has 0 radical (unpaired) electrons. The predicted octanol–water partition coefficient (Wildman–Crippen LogP) is 2.84. The molecule has 1 aromatic carbocycles. The highest BCUT2D eigenvalue weighted by Gasteiger charge is 2.49. The molecule has 0 amide bonds. The molecule has 0 saturated carbocycles. The van der Waals surface area contributed by atoms with E-state index in [4.69, 9.17) is 15.5 Å². The molecule has 15 heteroatoms. The number of fused-ring (bicyclic) bond motifs is 5. The third-order valence-corrected chi connectivity index (χ3v) is 12.3. The van der Waals surface area contributed by atoms with Gasteiger partial charge in [0.2, 0.25) is 0 Å². The third-order valence-electron chi connectivity index (χ3n) is 9.62. The molecular weight excluding hydrogens is 598 g/mol. The number of aromatic nitrogens is 3. The number of rotatable bonds is 5. The minimum atomic E-state index is -4.14. The van der Waals surface area contributed by atoms with Crippen LogP contribution in [0.1, 0.15) is 43.4 Å². The fourth-order valence-corrected chi connectivity index (χ4v) is 9.83. The number of piperazine rings is 1. The lowest BCUT2D eigenvalue weighted by Crippen LogP contribution is -2.52. The number of halogens is 2. The number of nitrogens with one attached hydrogen (secondary N) is 1. The number of nitrogens with zero attached hydrogens (tertiary/aromatic N) is 6. The number of benzene rings is 1. The van der Waals surface area contributed by atoms with Crippen molar-refractivity contribution in [3.8, 4) is 6.01 Å². The molecule has 3 N–H and O–H groups in total. The Balaban J connectivity index is 1.26. The van der Waals surface area contributed by atoms with Gasteiger partial charge in [0.25, 0.3) is 10.0 Å². The van der Waals surface area contributed by atoms with Gasteiger partial charge in [-0.25, -0.2) is 22.2 Å². The molecule has 5 aliphatic rings. The summed E-state index contributed by atoms with van der Waals surface area (Å²) in [5, 5.41) is 3.76. The Morgan fingerprint density at radius 2 is 1.98 bits per heavy atom. The number of ether oxygens (including phenoxy) is 1. The first kappa shape index (κ1) is 27.4. The highest BCUT2D eigenvalue weighted by atomic mass is 32.2. The molecular formula is C28H32F2N8O3S2. The largest absolute Gasteiger partial charge is 0.461 e. The van der Waals surface area contributed by atoms with Gasteiger partial charge in [-0.3, -0.25) is 9.21 Å². The molecule has 0 spiro atoms. The number of anilines is 2. The first-order valence-corrected chi connectivity index (χ1v) is 16.9. The first-order valence-electron chi connectivity index (χ1n) is 14.6. The average molecular weight is 631 g/mol. The van der Waals surface area contributed by atoms with Gasteiger partial charge in [-0.1, -0.05) is 11.3 Å². The molecule has 2 bridgehead atoms. The Bertz CT molecular complexity index is 1770. The Hall–Kier alpha value is -3.14. The summed E-state index contributed by atoms with van der Waals surface area (Å²) in [5.74, 6) is -0.176. The number of hydrogen-bond donors (Lipinski definition) is 2.